The number of nitrogens with two attached hydrogens (primary N) is 1. The molecule has 0 spiro atoms. The molecule has 0 fully saturated rings. The van der Waals surface area contributed by atoms with Crippen molar-refractivity contribution in [2.75, 3.05) is 6.54 Å². The number of hydrogen-bond donors (Lipinski definition) is 3. The number of amides is 1. The lowest BCUT2D eigenvalue weighted by Crippen LogP contribution is -2.35. The van der Waals surface area contributed by atoms with Gasteiger partial charge in [-0.15, -0.1) is 0 Å². The number of carbonyl (C=O) groups is 1. The van der Waals surface area contributed by atoms with Crippen molar-refractivity contribution in [3.05, 3.63) is 0 Å². The van der Waals surface area contributed by atoms with E-state index < -0.39 is 12.0 Å². The van der Waals surface area contributed by atoms with Gasteiger partial charge in [-0.1, -0.05) is 0 Å². The predicted octanol–water partition coefficient (Wildman–Crippen LogP) is -2.10. The van der Waals surface area contributed by atoms with Crippen LogP contribution < -0.4 is 11.1 Å². The van der Waals surface area contributed by atoms with Crippen LogP contribution in [0.4, 0.5) is 0 Å². The zero-order chi connectivity index (χ0) is 7.28. The molecule has 50 valence electrons. The fourth-order valence-electron chi connectivity index (χ4n) is 0.243. The van der Waals surface area contributed by atoms with Crippen LogP contribution in [-0.4, -0.2) is 23.7 Å². The highest BCUT2D eigenvalue weighted by molar-refractivity contribution is 5.78. The predicted molar refractivity (Wildman–Crippen MR) is 28.8 cm³/mol. The van der Waals surface area contributed by atoms with Gasteiger partial charge in [0, 0.05) is 0 Å². The second-order valence-electron chi connectivity index (χ2n) is 1.41. The SMILES string of the molecule is N#CNCC(O)C(N)=O. The summed E-state index contributed by atoms with van der Waals surface area (Å²) in [5.74, 6) is -0.835. The Morgan fingerprint density at radius 3 is 2.89 bits per heavy atom. The molecule has 0 aromatic heterocycles. The number of primary amides is 1. The van der Waals surface area contributed by atoms with Crippen molar-refractivity contribution in [1.29, 1.82) is 5.26 Å². The molecule has 0 bridgehead atoms. The van der Waals surface area contributed by atoms with Crippen LogP contribution in [0.2, 0.25) is 0 Å². The van der Waals surface area contributed by atoms with E-state index in [0.29, 0.717) is 0 Å². The van der Waals surface area contributed by atoms with Gasteiger partial charge >= 0.3 is 0 Å². The Morgan fingerprint density at radius 1 is 2.00 bits per heavy atom. The number of hydrogen-bond acceptors (Lipinski definition) is 4. The lowest BCUT2D eigenvalue weighted by atomic mass is 10.3. The van der Waals surface area contributed by atoms with Gasteiger partial charge in [-0.25, -0.2) is 0 Å². The molecule has 0 aliphatic rings. The normalized spacial score (nSPS) is 11.6. The molecule has 0 saturated carbocycles. The first-order valence-corrected chi connectivity index (χ1v) is 2.28. The number of nitrogens with one attached hydrogen (secondary N) is 1. The van der Waals surface area contributed by atoms with E-state index in [4.69, 9.17) is 10.4 Å². The van der Waals surface area contributed by atoms with Crippen LogP contribution in [0.3, 0.4) is 0 Å². The highest BCUT2D eigenvalue weighted by Crippen LogP contribution is 1.74. The molecule has 0 heterocycles. The molecule has 1 atom stereocenters. The molecule has 4 N–H and O–H groups in total. The zero-order valence-corrected chi connectivity index (χ0v) is 4.66. The van der Waals surface area contributed by atoms with Crippen LogP contribution in [0.1, 0.15) is 0 Å². The second kappa shape index (κ2) is 3.69. The smallest absolute Gasteiger partial charge is 0.248 e. The lowest BCUT2D eigenvalue weighted by Gasteiger charge is -2.01. The van der Waals surface area contributed by atoms with E-state index in [-0.39, 0.29) is 6.54 Å². The maximum atomic E-state index is 10.0. The number of aliphatic hydroxyl groups excluding tert-OH is 1. The lowest BCUT2D eigenvalue weighted by molar-refractivity contribution is -0.125. The number of carbonyl (C=O) groups excluding carboxylic acids is 1. The second-order valence-corrected chi connectivity index (χ2v) is 1.41. The minimum Gasteiger partial charge on any atom is -0.381 e. The van der Waals surface area contributed by atoms with Crippen molar-refractivity contribution in [1.82, 2.24) is 5.32 Å². The average Bonchev–Trinajstić information content (AvgIpc) is 1.82. The van der Waals surface area contributed by atoms with Crippen LogP contribution in [-0.2, 0) is 4.79 Å². The Balaban J connectivity index is 3.41. The van der Waals surface area contributed by atoms with Gasteiger partial charge in [-0.2, -0.15) is 5.26 Å². The topological polar surface area (TPSA) is 99.1 Å². The van der Waals surface area contributed by atoms with E-state index in [9.17, 15) is 4.79 Å². The van der Waals surface area contributed by atoms with Crippen molar-refractivity contribution < 1.29 is 9.90 Å². The van der Waals surface area contributed by atoms with Crippen LogP contribution in [0.5, 0.6) is 0 Å². The van der Waals surface area contributed by atoms with E-state index in [0.717, 1.165) is 0 Å². The highest BCUT2D eigenvalue weighted by atomic mass is 16.3. The van der Waals surface area contributed by atoms with Crippen molar-refractivity contribution >= 4 is 5.91 Å². The third kappa shape index (κ3) is 3.32. The molecule has 0 radical (unpaired) electrons. The van der Waals surface area contributed by atoms with Crippen molar-refractivity contribution in [3.63, 3.8) is 0 Å². The maximum absolute atomic E-state index is 10.0. The fraction of sp³-hybridized carbons (Fsp3) is 0.500. The van der Waals surface area contributed by atoms with Crippen LogP contribution in [0, 0.1) is 11.5 Å². The van der Waals surface area contributed by atoms with E-state index >= 15 is 0 Å². The molecule has 1 unspecified atom stereocenters. The van der Waals surface area contributed by atoms with Crippen LogP contribution in [0.15, 0.2) is 0 Å². The Labute approximate surface area is 52.1 Å². The van der Waals surface area contributed by atoms with Gasteiger partial charge in [0.1, 0.15) is 6.10 Å². The Kier molecular flexibility index (Phi) is 3.16. The number of aliphatic hydroxyl groups is 1. The van der Waals surface area contributed by atoms with Gasteiger partial charge in [0.25, 0.3) is 0 Å². The molecule has 1 amide bonds. The summed E-state index contributed by atoms with van der Waals surface area (Å²) in [7, 11) is 0. The quantitative estimate of drug-likeness (QED) is 0.300. The van der Waals surface area contributed by atoms with Gasteiger partial charge in [-0.3, -0.25) is 4.79 Å². The van der Waals surface area contributed by atoms with E-state index in [1.807, 2.05) is 0 Å². The summed E-state index contributed by atoms with van der Waals surface area (Å²) >= 11 is 0. The summed E-state index contributed by atoms with van der Waals surface area (Å²) in [5, 5.41) is 18.5. The van der Waals surface area contributed by atoms with Gasteiger partial charge in [0.05, 0.1) is 6.54 Å². The first-order valence-electron chi connectivity index (χ1n) is 2.28. The maximum Gasteiger partial charge on any atom is 0.248 e. The molecule has 0 rings (SSSR count). The molecule has 0 aromatic rings. The van der Waals surface area contributed by atoms with Gasteiger partial charge < -0.3 is 16.2 Å². The standard InChI is InChI=1S/C4H7N3O2/c5-2-7-1-3(8)4(6)9/h3,7-8H,1H2,(H2,6,9). The highest BCUT2D eigenvalue weighted by Gasteiger charge is 2.08. The Bertz CT molecular complexity index is 139. The largest absolute Gasteiger partial charge is 0.381 e. The first-order chi connectivity index (χ1) is 4.18. The Hall–Kier alpha value is -1.28. The number of rotatable bonds is 3. The third-order valence-electron chi connectivity index (χ3n) is 0.703. The van der Waals surface area contributed by atoms with Crippen molar-refractivity contribution in [3.8, 4) is 6.19 Å². The molecular formula is C4H7N3O2. The van der Waals surface area contributed by atoms with Crippen LogP contribution >= 0.6 is 0 Å². The van der Waals surface area contributed by atoms with Crippen LogP contribution in [0.25, 0.3) is 0 Å². The van der Waals surface area contributed by atoms with E-state index in [2.05, 4.69) is 11.1 Å². The van der Waals surface area contributed by atoms with Gasteiger partial charge in [0.15, 0.2) is 6.19 Å². The number of nitriles is 1. The summed E-state index contributed by atoms with van der Waals surface area (Å²) in [5.41, 5.74) is 4.64. The average molecular weight is 129 g/mol. The fourth-order valence-corrected chi connectivity index (χ4v) is 0.243. The molecule has 0 aliphatic heterocycles. The summed E-state index contributed by atoms with van der Waals surface area (Å²) in [6, 6.07) is 0. The van der Waals surface area contributed by atoms with Crippen molar-refractivity contribution in [2.24, 2.45) is 5.73 Å². The van der Waals surface area contributed by atoms with E-state index in [1.54, 1.807) is 0 Å². The zero-order valence-electron chi connectivity index (χ0n) is 4.66. The first kappa shape index (κ1) is 7.72. The number of nitrogens with zero attached hydrogens (tertiary/aromatic N) is 1. The third-order valence-corrected chi connectivity index (χ3v) is 0.703. The molecular weight excluding hydrogens is 122 g/mol. The minimum atomic E-state index is -1.27. The monoisotopic (exact) mass is 129 g/mol. The summed E-state index contributed by atoms with van der Waals surface area (Å²) in [6.45, 7) is -0.119. The van der Waals surface area contributed by atoms with Gasteiger partial charge in [-0.05, 0) is 0 Å². The molecule has 5 heteroatoms. The molecule has 0 saturated heterocycles. The van der Waals surface area contributed by atoms with E-state index in [1.165, 1.54) is 6.19 Å². The van der Waals surface area contributed by atoms with Gasteiger partial charge in [0.2, 0.25) is 5.91 Å². The summed E-state index contributed by atoms with van der Waals surface area (Å²) < 4.78 is 0. The van der Waals surface area contributed by atoms with Crippen molar-refractivity contribution in [2.45, 2.75) is 6.10 Å². The molecule has 5 nitrogen and oxygen atoms in total. The molecule has 9 heavy (non-hydrogen) atoms. The minimum absolute atomic E-state index is 0.119. The molecule has 0 aromatic carbocycles. The summed E-state index contributed by atoms with van der Waals surface area (Å²) in [6.07, 6.45) is 0.262. The summed E-state index contributed by atoms with van der Waals surface area (Å²) in [4.78, 5) is 10.0. The Morgan fingerprint density at radius 2 is 2.56 bits per heavy atom. The molecule has 0 aliphatic carbocycles.